The number of amides is 2. The van der Waals surface area contributed by atoms with Crippen LogP contribution in [0.1, 0.15) is 34.6 Å². The molecule has 0 aromatic heterocycles. The Morgan fingerprint density at radius 3 is 2.29 bits per heavy atom. The Kier molecular flexibility index (Phi) is 6.33. The Morgan fingerprint density at radius 1 is 1.19 bits per heavy atom. The van der Waals surface area contributed by atoms with Gasteiger partial charge in [-0.2, -0.15) is 0 Å². The van der Waals surface area contributed by atoms with Gasteiger partial charge in [-0.05, 0) is 26.0 Å². The molecule has 0 bridgehead atoms. The van der Waals surface area contributed by atoms with E-state index in [1.807, 2.05) is 0 Å². The summed E-state index contributed by atoms with van der Waals surface area (Å²) in [7, 11) is 1.55. The number of benzene rings is 1. The molecule has 1 aromatic carbocycles. The average molecular weight is 294 g/mol. The first-order valence-electron chi connectivity index (χ1n) is 6.71. The number of hydrogen-bond donors (Lipinski definition) is 3. The molecule has 0 saturated heterocycles. The Labute approximate surface area is 124 Å². The Hall–Kier alpha value is -1.92. The van der Waals surface area contributed by atoms with Gasteiger partial charge in [0, 0.05) is 13.7 Å². The summed E-state index contributed by atoms with van der Waals surface area (Å²) in [5.41, 5.74) is -0.190. The molecule has 0 heterocycles. The van der Waals surface area contributed by atoms with Crippen LogP contribution < -0.4 is 10.6 Å². The third-order valence-corrected chi connectivity index (χ3v) is 2.86. The molecule has 0 spiro atoms. The monoisotopic (exact) mass is 294 g/mol. The number of methoxy groups -OCH3 is 1. The first-order valence-corrected chi connectivity index (χ1v) is 6.71. The van der Waals surface area contributed by atoms with Crippen molar-refractivity contribution >= 4 is 11.8 Å². The van der Waals surface area contributed by atoms with Gasteiger partial charge in [0.1, 0.15) is 0 Å². The van der Waals surface area contributed by atoms with Crippen LogP contribution in [0.4, 0.5) is 0 Å². The van der Waals surface area contributed by atoms with Crippen LogP contribution in [0, 0.1) is 0 Å². The van der Waals surface area contributed by atoms with Crippen LogP contribution in [0.5, 0.6) is 0 Å². The number of nitrogens with one attached hydrogen (secondary N) is 2. The van der Waals surface area contributed by atoms with E-state index in [0.29, 0.717) is 18.7 Å². The van der Waals surface area contributed by atoms with E-state index in [1.165, 1.54) is 0 Å². The second-order valence-corrected chi connectivity index (χ2v) is 5.29. The van der Waals surface area contributed by atoms with Gasteiger partial charge in [0.15, 0.2) is 0 Å². The first kappa shape index (κ1) is 17.1. The number of hydrogen-bond acceptors (Lipinski definition) is 4. The van der Waals surface area contributed by atoms with Gasteiger partial charge in [0.25, 0.3) is 11.8 Å². The average Bonchev–Trinajstić information content (AvgIpc) is 2.47. The van der Waals surface area contributed by atoms with Crippen molar-refractivity contribution in [1.82, 2.24) is 10.6 Å². The molecule has 3 N–H and O–H groups in total. The smallest absolute Gasteiger partial charge is 0.252 e. The van der Waals surface area contributed by atoms with Crippen molar-refractivity contribution in [2.24, 2.45) is 0 Å². The minimum Gasteiger partial charge on any atom is -0.394 e. The fourth-order valence-electron chi connectivity index (χ4n) is 1.66. The van der Waals surface area contributed by atoms with Crippen molar-refractivity contribution in [3.05, 3.63) is 35.4 Å². The van der Waals surface area contributed by atoms with Crippen LogP contribution in [0.3, 0.4) is 0 Å². The summed E-state index contributed by atoms with van der Waals surface area (Å²) >= 11 is 0. The number of ether oxygens (including phenoxy) is 1. The second kappa shape index (κ2) is 7.75. The highest BCUT2D eigenvalue weighted by atomic mass is 16.5. The standard InChI is InChI=1S/C15H22N2O4/c1-15(2,10-18)17-14(20)12-7-5-4-6-11(12)13(19)16-8-9-21-3/h4-7,18H,8-10H2,1-3H3,(H,16,19)(H,17,20). The van der Waals surface area contributed by atoms with Crippen LogP contribution in [-0.2, 0) is 4.74 Å². The zero-order valence-corrected chi connectivity index (χ0v) is 12.6. The van der Waals surface area contributed by atoms with Gasteiger partial charge >= 0.3 is 0 Å². The van der Waals surface area contributed by atoms with Gasteiger partial charge in [-0.1, -0.05) is 12.1 Å². The summed E-state index contributed by atoms with van der Waals surface area (Å²) in [6, 6.07) is 6.54. The molecule has 1 rings (SSSR count). The molecule has 0 saturated carbocycles. The molecule has 0 atom stereocenters. The summed E-state index contributed by atoms with van der Waals surface area (Å²) in [6.45, 7) is 3.98. The van der Waals surface area contributed by atoms with Gasteiger partial charge in [0.05, 0.1) is 29.9 Å². The highest BCUT2D eigenvalue weighted by Gasteiger charge is 2.23. The Bertz CT molecular complexity index is 500. The van der Waals surface area contributed by atoms with Gasteiger partial charge in [-0.3, -0.25) is 9.59 Å². The maximum atomic E-state index is 12.2. The maximum Gasteiger partial charge on any atom is 0.252 e. The predicted octanol–water partition coefficient (Wildman–Crippen LogP) is 0.563. The molecular formula is C15H22N2O4. The van der Waals surface area contributed by atoms with E-state index in [9.17, 15) is 14.7 Å². The SMILES string of the molecule is COCCNC(=O)c1ccccc1C(=O)NC(C)(C)CO. The molecule has 0 unspecified atom stereocenters. The molecule has 21 heavy (non-hydrogen) atoms. The van der Waals surface area contributed by atoms with E-state index in [-0.39, 0.29) is 18.1 Å². The summed E-state index contributed by atoms with van der Waals surface area (Å²) in [5, 5.41) is 14.6. The largest absolute Gasteiger partial charge is 0.394 e. The Balaban J connectivity index is 2.88. The molecular weight excluding hydrogens is 272 g/mol. The van der Waals surface area contributed by atoms with E-state index >= 15 is 0 Å². The fourth-order valence-corrected chi connectivity index (χ4v) is 1.66. The molecule has 0 aliphatic heterocycles. The minimum atomic E-state index is -0.753. The van der Waals surface area contributed by atoms with Crippen molar-refractivity contribution in [3.8, 4) is 0 Å². The molecule has 0 radical (unpaired) electrons. The van der Waals surface area contributed by atoms with Gasteiger partial charge in [0.2, 0.25) is 0 Å². The highest BCUT2D eigenvalue weighted by Crippen LogP contribution is 2.11. The predicted molar refractivity (Wildman–Crippen MR) is 79.3 cm³/mol. The molecule has 6 nitrogen and oxygen atoms in total. The van der Waals surface area contributed by atoms with Crippen molar-refractivity contribution in [2.75, 3.05) is 26.9 Å². The van der Waals surface area contributed by atoms with Gasteiger partial charge in [-0.25, -0.2) is 0 Å². The first-order chi connectivity index (χ1) is 9.91. The molecule has 6 heteroatoms. The van der Waals surface area contributed by atoms with Gasteiger partial charge < -0.3 is 20.5 Å². The van der Waals surface area contributed by atoms with Crippen molar-refractivity contribution in [1.29, 1.82) is 0 Å². The van der Waals surface area contributed by atoms with Crippen molar-refractivity contribution < 1.29 is 19.4 Å². The normalized spacial score (nSPS) is 11.0. The van der Waals surface area contributed by atoms with Crippen molar-refractivity contribution in [2.45, 2.75) is 19.4 Å². The zero-order valence-electron chi connectivity index (χ0n) is 12.6. The summed E-state index contributed by atoms with van der Waals surface area (Å²) in [5.74, 6) is -0.730. The Morgan fingerprint density at radius 2 is 1.76 bits per heavy atom. The molecule has 116 valence electrons. The summed E-state index contributed by atoms with van der Waals surface area (Å²) in [6.07, 6.45) is 0. The lowest BCUT2D eigenvalue weighted by molar-refractivity contribution is 0.0855. The lowest BCUT2D eigenvalue weighted by Gasteiger charge is -2.24. The van der Waals surface area contributed by atoms with Crippen LogP contribution in [-0.4, -0.2) is 49.3 Å². The van der Waals surface area contributed by atoms with Crippen molar-refractivity contribution in [3.63, 3.8) is 0 Å². The molecule has 1 aromatic rings. The number of aliphatic hydroxyl groups is 1. The quantitative estimate of drug-likeness (QED) is 0.641. The van der Waals surface area contributed by atoms with Crippen LogP contribution >= 0.6 is 0 Å². The van der Waals surface area contributed by atoms with E-state index in [1.54, 1.807) is 45.2 Å². The lowest BCUT2D eigenvalue weighted by Crippen LogP contribution is -2.46. The molecule has 2 amide bonds. The molecule has 0 aliphatic carbocycles. The summed E-state index contributed by atoms with van der Waals surface area (Å²) < 4.78 is 4.86. The molecule has 0 aliphatic rings. The van der Waals surface area contributed by atoms with E-state index in [4.69, 9.17) is 4.74 Å². The number of carbonyl (C=O) groups is 2. The van der Waals surface area contributed by atoms with Crippen LogP contribution in [0.2, 0.25) is 0 Å². The second-order valence-electron chi connectivity index (χ2n) is 5.29. The third kappa shape index (κ3) is 5.17. The zero-order chi connectivity index (χ0) is 15.9. The van der Waals surface area contributed by atoms with Crippen LogP contribution in [0.25, 0.3) is 0 Å². The maximum absolute atomic E-state index is 12.2. The lowest BCUT2D eigenvalue weighted by atomic mass is 10.0. The topological polar surface area (TPSA) is 87.7 Å². The van der Waals surface area contributed by atoms with E-state index in [2.05, 4.69) is 10.6 Å². The minimum absolute atomic E-state index is 0.194. The van der Waals surface area contributed by atoms with E-state index in [0.717, 1.165) is 0 Å². The number of aliphatic hydroxyl groups excluding tert-OH is 1. The van der Waals surface area contributed by atoms with E-state index < -0.39 is 11.4 Å². The molecule has 0 fully saturated rings. The number of carbonyl (C=O) groups excluding carboxylic acids is 2. The number of rotatable bonds is 7. The fraction of sp³-hybridized carbons (Fsp3) is 0.467. The third-order valence-electron chi connectivity index (χ3n) is 2.86. The van der Waals surface area contributed by atoms with Gasteiger partial charge in [-0.15, -0.1) is 0 Å². The summed E-state index contributed by atoms with van der Waals surface area (Å²) in [4.78, 5) is 24.3. The van der Waals surface area contributed by atoms with Crippen LogP contribution in [0.15, 0.2) is 24.3 Å². The highest BCUT2D eigenvalue weighted by molar-refractivity contribution is 6.07.